The van der Waals surface area contributed by atoms with Crippen molar-refractivity contribution >= 4 is 23.4 Å². The molecule has 0 aromatic heterocycles. The monoisotopic (exact) mass is 359 g/mol. The average Bonchev–Trinajstić information content (AvgIpc) is 2.59. The number of rotatable bonds is 4. The first kappa shape index (κ1) is 17.9. The second-order valence-corrected chi connectivity index (χ2v) is 6.42. The van der Waals surface area contributed by atoms with E-state index >= 15 is 4.39 Å². The smallest absolute Gasteiger partial charge is 0.335 e. The predicted molar refractivity (Wildman–Crippen MR) is 96.2 cm³/mol. The maximum Gasteiger partial charge on any atom is 0.335 e. The number of carboxylic acid groups (broad SMARTS) is 1. The molecule has 0 fully saturated rings. The fourth-order valence-corrected chi connectivity index (χ4v) is 2.99. The van der Waals surface area contributed by atoms with Gasteiger partial charge < -0.3 is 14.7 Å². The van der Waals surface area contributed by atoms with Gasteiger partial charge in [0.15, 0.2) is 17.4 Å². The molecule has 0 aliphatic carbocycles. The van der Waals surface area contributed by atoms with Gasteiger partial charge in [0.1, 0.15) is 0 Å². The van der Waals surface area contributed by atoms with Gasteiger partial charge in [-0.2, -0.15) is 0 Å². The normalized spacial score (nSPS) is 15.9. The molecule has 0 bridgehead atoms. The molecule has 0 spiro atoms. The third-order valence-corrected chi connectivity index (χ3v) is 4.14. The van der Waals surface area contributed by atoms with E-state index in [0.29, 0.717) is 11.3 Å². The third-order valence-electron chi connectivity index (χ3n) is 4.14. The summed E-state index contributed by atoms with van der Waals surface area (Å²) in [5, 5.41) is 9.16. The first-order valence-corrected chi connectivity index (χ1v) is 8.29. The number of anilines is 2. The van der Waals surface area contributed by atoms with E-state index < -0.39 is 23.4 Å². The number of benzene rings is 2. The number of hydrogen-bond donors (Lipinski definition) is 1. The van der Waals surface area contributed by atoms with Gasteiger partial charge in [0.2, 0.25) is 0 Å². The number of hydrogen-bond acceptors (Lipinski definition) is 3. The van der Waals surface area contributed by atoms with Crippen molar-refractivity contribution in [3.8, 4) is 5.75 Å². The molecule has 0 amide bonds. The zero-order valence-corrected chi connectivity index (χ0v) is 14.7. The van der Waals surface area contributed by atoms with E-state index in [0.717, 1.165) is 0 Å². The highest BCUT2D eigenvalue weighted by Gasteiger charge is 2.27. The molecule has 1 aliphatic rings. The van der Waals surface area contributed by atoms with E-state index in [1.807, 2.05) is 13.0 Å². The Labute approximate surface area is 150 Å². The molecule has 2 aromatic rings. The van der Waals surface area contributed by atoms with Gasteiger partial charge in [-0.3, -0.25) is 0 Å². The highest BCUT2D eigenvalue weighted by molar-refractivity contribution is 5.91. The fraction of sp³-hybridized carbons (Fsp3) is 0.250. The van der Waals surface area contributed by atoms with Crippen molar-refractivity contribution in [2.45, 2.75) is 32.9 Å². The molecule has 1 heterocycles. The molecule has 0 saturated heterocycles. The van der Waals surface area contributed by atoms with Crippen molar-refractivity contribution in [2.75, 3.05) is 4.90 Å². The minimum Gasteiger partial charge on any atom is -0.485 e. The molecule has 3 rings (SSSR count). The second kappa shape index (κ2) is 6.78. The lowest BCUT2D eigenvalue weighted by atomic mass is 10.00. The third kappa shape index (κ3) is 3.14. The van der Waals surface area contributed by atoms with Crippen molar-refractivity contribution in [2.24, 2.45) is 0 Å². The molecule has 1 N–H and O–H groups in total. The van der Waals surface area contributed by atoms with Gasteiger partial charge in [0.25, 0.3) is 0 Å². The summed E-state index contributed by atoms with van der Waals surface area (Å²) in [4.78, 5) is 12.9. The van der Waals surface area contributed by atoms with Crippen LogP contribution in [0.15, 0.2) is 36.4 Å². The summed E-state index contributed by atoms with van der Waals surface area (Å²) in [6, 6.07) is 6.96. The molecule has 1 atom stereocenters. The van der Waals surface area contributed by atoms with E-state index in [1.54, 1.807) is 30.9 Å². The number of ether oxygens (including phenoxy) is 1. The van der Waals surface area contributed by atoms with Crippen LogP contribution in [-0.2, 0) is 0 Å². The van der Waals surface area contributed by atoms with Crippen molar-refractivity contribution < 1.29 is 23.4 Å². The van der Waals surface area contributed by atoms with Gasteiger partial charge >= 0.3 is 5.97 Å². The summed E-state index contributed by atoms with van der Waals surface area (Å²) < 4.78 is 34.4. The molecular formula is C20H19F2NO3. The fourth-order valence-electron chi connectivity index (χ4n) is 2.99. The van der Waals surface area contributed by atoms with Crippen LogP contribution in [-0.4, -0.2) is 23.2 Å². The SMILES string of the molecule is CC(C)Oc1c(F)ccc(N2c3ccc(C(=O)O)cc3C=CC2C)c1F. The van der Waals surface area contributed by atoms with Crippen molar-refractivity contribution in [3.05, 3.63) is 59.2 Å². The Kier molecular flexibility index (Phi) is 4.68. The van der Waals surface area contributed by atoms with E-state index in [2.05, 4.69) is 0 Å². The van der Waals surface area contributed by atoms with Crippen LogP contribution in [0.4, 0.5) is 20.2 Å². The lowest BCUT2D eigenvalue weighted by Crippen LogP contribution is -2.30. The summed E-state index contributed by atoms with van der Waals surface area (Å²) in [6.07, 6.45) is 3.26. The van der Waals surface area contributed by atoms with Crippen LogP contribution in [0, 0.1) is 11.6 Å². The number of nitrogens with zero attached hydrogens (tertiary/aromatic N) is 1. The van der Waals surface area contributed by atoms with Crippen molar-refractivity contribution in [1.82, 2.24) is 0 Å². The summed E-state index contributed by atoms with van der Waals surface area (Å²) in [6.45, 7) is 5.26. The molecule has 1 aliphatic heterocycles. The Hall–Kier alpha value is -2.89. The maximum atomic E-state index is 15.0. The van der Waals surface area contributed by atoms with Gasteiger partial charge in [-0.25, -0.2) is 13.6 Å². The molecule has 0 saturated carbocycles. The van der Waals surface area contributed by atoms with Gasteiger partial charge in [-0.05, 0) is 56.7 Å². The standard InChI is InChI=1S/C20H19F2NO3/c1-11(2)26-19-15(21)7-9-17(18(19)22)23-12(3)4-5-13-10-14(20(24)25)6-8-16(13)23/h4-12H,1-3H3,(H,24,25). The highest BCUT2D eigenvalue weighted by Crippen LogP contribution is 2.40. The lowest BCUT2D eigenvalue weighted by molar-refractivity contribution is 0.0697. The largest absolute Gasteiger partial charge is 0.485 e. The summed E-state index contributed by atoms with van der Waals surface area (Å²) in [5.41, 5.74) is 1.61. The van der Waals surface area contributed by atoms with Gasteiger partial charge in [-0.15, -0.1) is 0 Å². The zero-order chi connectivity index (χ0) is 19.0. The van der Waals surface area contributed by atoms with Crippen LogP contribution in [0.25, 0.3) is 6.08 Å². The Morgan fingerprint density at radius 3 is 2.54 bits per heavy atom. The number of halogens is 2. The number of fused-ring (bicyclic) bond motifs is 1. The minimum atomic E-state index is -1.04. The van der Waals surface area contributed by atoms with Crippen LogP contribution < -0.4 is 9.64 Å². The molecule has 1 unspecified atom stereocenters. The molecule has 136 valence electrons. The molecule has 4 nitrogen and oxygen atoms in total. The first-order chi connectivity index (χ1) is 12.3. The molecular weight excluding hydrogens is 340 g/mol. The van der Waals surface area contributed by atoms with Crippen LogP contribution in [0.3, 0.4) is 0 Å². The summed E-state index contributed by atoms with van der Waals surface area (Å²) in [5.74, 6) is -2.99. The van der Waals surface area contributed by atoms with E-state index in [9.17, 15) is 9.18 Å². The Bertz CT molecular complexity index is 893. The van der Waals surface area contributed by atoms with Gasteiger partial charge in [0, 0.05) is 11.7 Å². The van der Waals surface area contributed by atoms with E-state index in [4.69, 9.17) is 9.84 Å². The minimum absolute atomic E-state index is 0.145. The lowest BCUT2D eigenvalue weighted by Gasteiger charge is -2.34. The van der Waals surface area contributed by atoms with E-state index in [1.165, 1.54) is 24.3 Å². The van der Waals surface area contributed by atoms with Crippen molar-refractivity contribution in [3.63, 3.8) is 0 Å². The molecule has 2 aromatic carbocycles. The number of carboxylic acids is 1. The van der Waals surface area contributed by atoms with Gasteiger partial charge in [0.05, 0.1) is 17.4 Å². The average molecular weight is 359 g/mol. The van der Waals surface area contributed by atoms with Crippen LogP contribution in [0.5, 0.6) is 5.75 Å². The maximum absolute atomic E-state index is 15.0. The Morgan fingerprint density at radius 2 is 1.88 bits per heavy atom. The molecule has 26 heavy (non-hydrogen) atoms. The second-order valence-electron chi connectivity index (χ2n) is 6.42. The van der Waals surface area contributed by atoms with Crippen LogP contribution in [0.1, 0.15) is 36.7 Å². The topological polar surface area (TPSA) is 49.8 Å². The highest BCUT2D eigenvalue weighted by atomic mass is 19.1. The Morgan fingerprint density at radius 1 is 1.19 bits per heavy atom. The molecule has 0 radical (unpaired) electrons. The first-order valence-electron chi connectivity index (χ1n) is 8.29. The van der Waals surface area contributed by atoms with Gasteiger partial charge in [-0.1, -0.05) is 12.2 Å². The Balaban J connectivity index is 2.13. The zero-order valence-electron chi connectivity index (χ0n) is 14.7. The molecule has 6 heteroatoms. The van der Waals surface area contributed by atoms with Crippen LogP contribution in [0.2, 0.25) is 0 Å². The summed E-state index contributed by atoms with van der Waals surface area (Å²) >= 11 is 0. The van der Waals surface area contributed by atoms with Crippen LogP contribution >= 0.6 is 0 Å². The number of carbonyl (C=O) groups is 1. The number of aromatic carboxylic acids is 1. The van der Waals surface area contributed by atoms with E-state index in [-0.39, 0.29) is 23.4 Å². The van der Waals surface area contributed by atoms with Crippen molar-refractivity contribution in [1.29, 1.82) is 0 Å². The predicted octanol–water partition coefficient (Wildman–Crippen LogP) is 5.00. The quantitative estimate of drug-likeness (QED) is 0.834. The summed E-state index contributed by atoms with van der Waals surface area (Å²) in [7, 11) is 0.